The SMILES string of the molecule is C[C@]12CC(O)C3C[C@@]1(OC1OC(CO)C(O)C(O)C1O)[C@@]3(COC(=O)c1ccccc1)C(=O)O2. The summed E-state index contributed by atoms with van der Waals surface area (Å²) in [4.78, 5) is 25.9. The molecule has 2 saturated heterocycles. The lowest BCUT2D eigenvalue weighted by molar-refractivity contribution is -0.394. The molecule has 186 valence electrons. The van der Waals surface area contributed by atoms with Crippen LogP contribution in [0.5, 0.6) is 0 Å². The zero-order valence-electron chi connectivity index (χ0n) is 18.4. The smallest absolute Gasteiger partial charge is 0.338 e. The van der Waals surface area contributed by atoms with Crippen molar-refractivity contribution >= 4 is 11.9 Å². The van der Waals surface area contributed by atoms with Crippen LogP contribution in [0.1, 0.15) is 30.1 Å². The maximum Gasteiger partial charge on any atom is 0.338 e. The van der Waals surface area contributed by atoms with Crippen LogP contribution in [0, 0.1) is 11.3 Å². The Kier molecular flexibility index (Phi) is 5.52. The van der Waals surface area contributed by atoms with E-state index < -0.39 is 84.5 Å². The molecule has 5 N–H and O–H groups in total. The summed E-state index contributed by atoms with van der Waals surface area (Å²) in [6.45, 7) is 0.508. The Labute approximate surface area is 194 Å². The van der Waals surface area contributed by atoms with Crippen molar-refractivity contribution in [1.29, 1.82) is 0 Å². The fourth-order valence-electron chi connectivity index (χ4n) is 6.19. The van der Waals surface area contributed by atoms with Crippen LogP contribution >= 0.6 is 0 Å². The fourth-order valence-corrected chi connectivity index (χ4v) is 6.19. The van der Waals surface area contributed by atoms with Crippen molar-refractivity contribution in [2.24, 2.45) is 11.3 Å². The number of hydrogen-bond donors (Lipinski definition) is 5. The molecule has 5 fully saturated rings. The summed E-state index contributed by atoms with van der Waals surface area (Å²) in [6, 6.07) is 8.20. The molecule has 1 aromatic rings. The molecule has 0 amide bonds. The molecule has 11 nitrogen and oxygen atoms in total. The molecule has 2 aliphatic heterocycles. The summed E-state index contributed by atoms with van der Waals surface area (Å²) in [5.74, 6) is -2.00. The Morgan fingerprint density at radius 1 is 1.09 bits per heavy atom. The molecular formula is C23H28O11. The number of rotatable bonds is 6. The second kappa shape index (κ2) is 7.95. The Morgan fingerprint density at radius 2 is 1.79 bits per heavy atom. The van der Waals surface area contributed by atoms with Crippen molar-refractivity contribution in [3.8, 4) is 0 Å². The maximum absolute atomic E-state index is 13.2. The number of hydrogen-bond acceptors (Lipinski definition) is 11. The zero-order valence-corrected chi connectivity index (χ0v) is 18.4. The molecule has 4 bridgehead atoms. The molecule has 0 spiro atoms. The van der Waals surface area contributed by atoms with Crippen LogP contribution in [0.4, 0.5) is 0 Å². The first kappa shape index (κ1) is 23.6. The number of ether oxygens (including phenoxy) is 4. The van der Waals surface area contributed by atoms with Crippen molar-refractivity contribution in [2.45, 2.75) is 67.8 Å². The lowest BCUT2D eigenvalue weighted by Gasteiger charge is -2.66. The third kappa shape index (κ3) is 2.95. The second-order valence-corrected chi connectivity index (χ2v) is 9.76. The Bertz CT molecular complexity index is 969. The van der Waals surface area contributed by atoms with Crippen LogP contribution < -0.4 is 0 Å². The van der Waals surface area contributed by atoms with Crippen molar-refractivity contribution < 1.29 is 54.1 Å². The van der Waals surface area contributed by atoms with Gasteiger partial charge in [-0.05, 0) is 25.5 Å². The van der Waals surface area contributed by atoms with E-state index in [1.165, 1.54) is 0 Å². The zero-order chi connectivity index (χ0) is 24.5. The van der Waals surface area contributed by atoms with Gasteiger partial charge in [0.05, 0.1) is 18.3 Å². The highest BCUT2D eigenvalue weighted by Crippen LogP contribution is 2.73. The van der Waals surface area contributed by atoms with Crippen molar-refractivity contribution in [2.75, 3.05) is 13.2 Å². The highest BCUT2D eigenvalue weighted by Gasteiger charge is 2.88. The quantitative estimate of drug-likeness (QED) is 0.300. The number of aliphatic hydroxyl groups excluding tert-OH is 5. The predicted molar refractivity (Wildman–Crippen MR) is 110 cm³/mol. The third-order valence-electron chi connectivity index (χ3n) is 8.07. The number of fused-ring (bicyclic) bond motifs is 1. The van der Waals surface area contributed by atoms with Gasteiger partial charge in [0.15, 0.2) is 6.29 Å². The van der Waals surface area contributed by atoms with Crippen LogP contribution in [0.25, 0.3) is 0 Å². The van der Waals surface area contributed by atoms with Gasteiger partial charge in [0, 0.05) is 12.3 Å². The van der Waals surface area contributed by atoms with E-state index in [1.54, 1.807) is 37.3 Å². The summed E-state index contributed by atoms with van der Waals surface area (Å²) >= 11 is 0. The monoisotopic (exact) mass is 480 g/mol. The van der Waals surface area contributed by atoms with Crippen molar-refractivity contribution in [1.82, 2.24) is 0 Å². The Morgan fingerprint density at radius 3 is 2.47 bits per heavy atom. The normalized spacial score (nSPS) is 47.0. The van der Waals surface area contributed by atoms with Crippen LogP contribution in [-0.4, -0.2) is 98.7 Å². The van der Waals surface area contributed by atoms with Crippen LogP contribution in [-0.2, 0) is 23.7 Å². The fraction of sp³-hybridized carbons (Fsp3) is 0.652. The Balaban J connectivity index is 1.46. The molecule has 5 aliphatic rings. The summed E-state index contributed by atoms with van der Waals surface area (Å²) < 4.78 is 22.9. The summed E-state index contributed by atoms with van der Waals surface area (Å²) in [5, 5.41) is 51.0. The average molecular weight is 480 g/mol. The van der Waals surface area contributed by atoms with E-state index >= 15 is 0 Å². The van der Waals surface area contributed by atoms with Crippen LogP contribution in [0.3, 0.4) is 0 Å². The summed E-state index contributed by atoms with van der Waals surface area (Å²) in [7, 11) is 0. The highest BCUT2D eigenvalue weighted by molar-refractivity contribution is 5.90. The van der Waals surface area contributed by atoms with Gasteiger partial charge in [-0.2, -0.15) is 0 Å². The van der Waals surface area contributed by atoms with Crippen LogP contribution in [0.2, 0.25) is 0 Å². The first-order valence-electron chi connectivity index (χ1n) is 11.2. The van der Waals surface area contributed by atoms with E-state index in [0.29, 0.717) is 0 Å². The molecule has 1 aromatic carbocycles. The minimum absolute atomic E-state index is 0.0508. The van der Waals surface area contributed by atoms with Gasteiger partial charge in [-0.25, -0.2) is 4.79 Å². The molecule has 7 unspecified atom stereocenters. The van der Waals surface area contributed by atoms with Crippen LogP contribution in [0.15, 0.2) is 30.3 Å². The molecule has 3 saturated carbocycles. The van der Waals surface area contributed by atoms with Gasteiger partial charge in [0.2, 0.25) is 0 Å². The largest absolute Gasteiger partial charge is 0.461 e. The van der Waals surface area contributed by atoms with E-state index in [0.717, 1.165) is 0 Å². The first-order valence-corrected chi connectivity index (χ1v) is 11.2. The number of carbonyl (C=O) groups excluding carboxylic acids is 2. The van der Waals surface area contributed by atoms with E-state index in [-0.39, 0.29) is 18.4 Å². The lowest BCUT2D eigenvalue weighted by Crippen LogP contribution is -2.80. The molecule has 10 atom stereocenters. The van der Waals surface area contributed by atoms with E-state index in [2.05, 4.69) is 0 Å². The van der Waals surface area contributed by atoms with Crippen molar-refractivity contribution in [3.05, 3.63) is 35.9 Å². The summed E-state index contributed by atoms with van der Waals surface area (Å²) in [5.41, 5.74) is -4.08. The van der Waals surface area contributed by atoms with Gasteiger partial charge < -0.3 is 44.5 Å². The molecule has 11 heteroatoms. The molecule has 0 aromatic heterocycles. The second-order valence-electron chi connectivity index (χ2n) is 9.76. The predicted octanol–water partition coefficient (Wildman–Crippen LogP) is -1.51. The van der Waals surface area contributed by atoms with Gasteiger partial charge in [0.25, 0.3) is 0 Å². The molecule has 6 rings (SSSR count). The highest BCUT2D eigenvalue weighted by atomic mass is 16.7. The maximum atomic E-state index is 13.2. The number of aliphatic hydroxyl groups is 5. The van der Waals surface area contributed by atoms with Gasteiger partial charge in [-0.15, -0.1) is 0 Å². The number of esters is 2. The van der Waals surface area contributed by atoms with Gasteiger partial charge >= 0.3 is 11.9 Å². The molecule has 2 heterocycles. The third-order valence-corrected chi connectivity index (χ3v) is 8.07. The van der Waals surface area contributed by atoms with Gasteiger partial charge in [-0.1, -0.05) is 18.2 Å². The topological polar surface area (TPSA) is 172 Å². The lowest BCUT2D eigenvalue weighted by atomic mass is 9.40. The first-order chi connectivity index (χ1) is 16.1. The van der Waals surface area contributed by atoms with Crippen molar-refractivity contribution in [3.63, 3.8) is 0 Å². The minimum atomic E-state index is -1.69. The van der Waals surface area contributed by atoms with E-state index in [4.69, 9.17) is 18.9 Å². The number of benzene rings is 1. The standard InChI is InChI=1S/C23H28O11/c1-21-8-13(25)12-7-23(21,33-19-17(28)16(27)15(26)14(9-24)32-19)22(12,20(30)34-21)10-31-18(29)11-5-3-2-4-6-11/h2-6,12-17,19,24-28H,7-10H2,1H3/t12?,13?,14?,15?,16?,17?,19?,21-,22+,23-/m0/s1. The molecule has 0 radical (unpaired) electrons. The Hall–Kier alpha value is -2.12. The number of carbonyl (C=O) groups is 2. The molecule has 34 heavy (non-hydrogen) atoms. The summed E-state index contributed by atoms with van der Waals surface area (Å²) in [6.07, 6.45) is -8.41. The molecule has 3 aliphatic carbocycles. The average Bonchev–Trinajstić information content (AvgIpc) is 2.88. The van der Waals surface area contributed by atoms with Gasteiger partial charge in [-0.3, -0.25) is 4.79 Å². The molecular weight excluding hydrogens is 452 g/mol. The van der Waals surface area contributed by atoms with Gasteiger partial charge in [0.1, 0.15) is 47.6 Å². The minimum Gasteiger partial charge on any atom is -0.461 e. The van der Waals surface area contributed by atoms with E-state index in [1.807, 2.05) is 0 Å². The van der Waals surface area contributed by atoms with E-state index in [9.17, 15) is 35.1 Å².